The van der Waals surface area contributed by atoms with Crippen molar-refractivity contribution in [1.29, 1.82) is 5.26 Å². The van der Waals surface area contributed by atoms with E-state index in [1.807, 2.05) is 65.2 Å². The first-order valence-electron chi connectivity index (χ1n) is 8.49. The highest BCUT2D eigenvalue weighted by Gasteiger charge is 2.17. The highest BCUT2D eigenvalue weighted by Crippen LogP contribution is 2.32. The van der Waals surface area contributed by atoms with Crippen LogP contribution in [-0.4, -0.2) is 26.9 Å². The molecule has 7 heteroatoms. The van der Waals surface area contributed by atoms with Gasteiger partial charge in [-0.25, -0.2) is 4.98 Å². The Morgan fingerprint density at radius 2 is 1.79 bits per heavy atom. The van der Waals surface area contributed by atoms with E-state index in [9.17, 15) is 0 Å². The molecule has 0 atom stereocenters. The van der Waals surface area contributed by atoms with Crippen LogP contribution < -0.4 is 4.74 Å². The summed E-state index contributed by atoms with van der Waals surface area (Å²) >= 11 is 1.36. The Morgan fingerprint density at radius 3 is 2.57 bits per heavy atom. The number of methoxy groups -OCH3 is 1. The van der Waals surface area contributed by atoms with E-state index in [4.69, 9.17) is 10.00 Å². The molecule has 0 saturated heterocycles. The average molecular weight is 385 g/mol. The van der Waals surface area contributed by atoms with Gasteiger partial charge in [0, 0.05) is 11.3 Å². The van der Waals surface area contributed by atoms with Gasteiger partial charge >= 0.3 is 0 Å². The SMILES string of the molecule is COc1cccc(-c2nnc(Sc3cccc(C#N)n3)n2-c2ccccc2)c1. The van der Waals surface area contributed by atoms with Crippen LogP contribution in [0.5, 0.6) is 5.75 Å². The fraction of sp³-hybridized carbons (Fsp3) is 0.0476. The third-order valence-corrected chi connectivity index (χ3v) is 4.89. The zero-order valence-corrected chi connectivity index (χ0v) is 15.8. The van der Waals surface area contributed by atoms with Crippen LogP contribution in [-0.2, 0) is 0 Å². The van der Waals surface area contributed by atoms with Gasteiger partial charge in [0.25, 0.3) is 0 Å². The molecule has 4 aromatic rings. The fourth-order valence-corrected chi connectivity index (χ4v) is 3.56. The van der Waals surface area contributed by atoms with Crippen molar-refractivity contribution in [2.75, 3.05) is 7.11 Å². The Morgan fingerprint density at radius 1 is 0.964 bits per heavy atom. The number of benzene rings is 2. The number of nitrogens with zero attached hydrogens (tertiary/aromatic N) is 5. The lowest BCUT2D eigenvalue weighted by molar-refractivity contribution is 0.415. The van der Waals surface area contributed by atoms with Crippen molar-refractivity contribution in [2.45, 2.75) is 10.2 Å². The summed E-state index contributed by atoms with van der Waals surface area (Å²) in [4.78, 5) is 4.33. The van der Waals surface area contributed by atoms with Crippen molar-refractivity contribution >= 4 is 11.8 Å². The molecule has 0 unspecified atom stereocenters. The normalized spacial score (nSPS) is 10.4. The number of para-hydroxylation sites is 1. The van der Waals surface area contributed by atoms with E-state index in [1.54, 1.807) is 19.2 Å². The Balaban J connectivity index is 1.83. The molecule has 2 aromatic heterocycles. The van der Waals surface area contributed by atoms with Gasteiger partial charge in [-0.3, -0.25) is 4.57 Å². The van der Waals surface area contributed by atoms with E-state index < -0.39 is 0 Å². The number of hydrogen-bond donors (Lipinski definition) is 0. The maximum atomic E-state index is 9.10. The Bertz CT molecular complexity index is 1150. The minimum absolute atomic E-state index is 0.365. The number of ether oxygens (including phenoxy) is 1. The van der Waals surface area contributed by atoms with E-state index >= 15 is 0 Å². The Kier molecular flexibility index (Phi) is 5.04. The summed E-state index contributed by atoms with van der Waals surface area (Å²) in [5.74, 6) is 1.45. The quantitative estimate of drug-likeness (QED) is 0.508. The molecular weight excluding hydrogens is 370 g/mol. The number of rotatable bonds is 5. The molecular formula is C21H15N5OS. The molecule has 0 aliphatic heterocycles. The summed E-state index contributed by atoms with van der Waals surface area (Å²) in [7, 11) is 1.64. The summed E-state index contributed by atoms with van der Waals surface area (Å²) in [6.07, 6.45) is 0. The van der Waals surface area contributed by atoms with Crippen LogP contribution in [0.25, 0.3) is 17.1 Å². The number of pyridine rings is 1. The number of nitriles is 1. The molecule has 0 fully saturated rings. The first-order chi connectivity index (χ1) is 13.8. The standard InChI is InChI=1S/C21H15N5OS/c1-27-18-11-5-7-15(13-18)20-24-25-21(26(20)17-9-3-2-4-10-17)28-19-12-6-8-16(14-22)23-19/h2-13H,1H3. The van der Waals surface area contributed by atoms with Crippen LogP contribution in [0.15, 0.2) is 83.0 Å². The topological polar surface area (TPSA) is 76.6 Å². The van der Waals surface area contributed by atoms with E-state index in [2.05, 4.69) is 21.3 Å². The van der Waals surface area contributed by atoms with Gasteiger partial charge in [-0.2, -0.15) is 5.26 Å². The zero-order valence-electron chi connectivity index (χ0n) is 15.0. The molecule has 4 rings (SSSR count). The smallest absolute Gasteiger partial charge is 0.202 e. The molecule has 0 N–H and O–H groups in total. The minimum atomic E-state index is 0.365. The van der Waals surface area contributed by atoms with Gasteiger partial charge in [0.1, 0.15) is 22.5 Å². The molecule has 6 nitrogen and oxygen atoms in total. The van der Waals surface area contributed by atoms with E-state index in [-0.39, 0.29) is 0 Å². The second kappa shape index (κ2) is 7.94. The molecule has 0 saturated carbocycles. The monoisotopic (exact) mass is 385 g/mol. The second-order valence-electron chi connectivity index (χ2n) is 5.78. The largest absolute Gasteiger partial charge is 0.497 e. The summed E-state index contributed by atoms with van der Waals surface area (Å²) in [6, 6.07) is 25.0. The van der Waals surface area contributed by atoms with Crippen LogP contribution in [0.2, 0.25) is 0 Å². The molecule has 2 aromatic carbocycles. The van der Waals surface area contributed by atoms with Gasteiger partial charge in [-0.05, 0) is 48.2 Å². The molecule has 136 valence electrons. The maximum absolute atomic E-state index is 9.10. The fourth-order valence-electron chi connectivity index (χ4n) is 2.72. The molecule has 0 aliphatic carbocycles. The number of hydrogen-bond acceptors (Lipinski definition) is 6. The molecule has 0 spiro atoms. The third kappa shape index (κ3) is 3.59. The predicted molar refractivity (Wildman–Crippen MR) is 106 cm³/mol. The lowest BCUT2D eigenvalue weighted by Gasteiger charge is -2.10. The van der Waals surface area contributed by atoms with Gasteiger partial charge in [-0.1, -0.05) is 36.4 Å². The van der Waals surface area contributed by atoms with E-state index in [0.717, 1.165) is 17.0 Å². The van der Waals surface area contributed by atoms with Crippen LogP contribution in [0.1, 0.15) is 5.69 Å². The Labute approximate surface area is 166 Å². The molecule has 0 bridgehead atoms. The van der Waals surface area contributed by atoms with Crippen molar-refractivity contribution in [3.8, 4) is 28.9 Å². The summed E-state index contributed by atoms with van der Waals surface area (Å²) in [5, 5.41) is 19.2. The molecule has 2 heterocycles. The maximum Gasteiger partial charge on any atom is 0.202 e. The van der Waals surface area contributed by atoms with Crippen molar-refractivity contribution in [2.24, 2.45) is 0 Å². The highest BCUT2D eigenvalue weighted by molar-refractivity contribution is 7.99. The minimum Gasteiger partial charge on any atom is -0.497 e. The van der Waals surface area contributed by atoms with Gasteiger partial charge in [-0.15, -0.1) is 10.2 Å². The van der Waals surface area contributed by atoms with Crippen LogP contribution in [0.4, 0.5) is 0 Å². The molecule has 0 aliphatic rings. The van der Waals surface area contributed by atoms with Crippen molar-refractivity contribution < 1.29 is 4.74 Å². The lowest BCUT2D eigenvalue weighted by atomic mass is 10.2. The van der Waals surface area contributed by atoms with Gasteiger partial charge in [0.2, 0.25) is 5.16 Å². The first-order valence-corrected chi connectivity index (χ1v) is 9.30. The van der Waals surface area contributed by atoms with Gasteiger partial charge < -0.3 is 4.74 Å². The van der Waals surface area contributed by atoms with E-state index in [1.165, 1.54) is 11.8 Å². The van der Waals surface area contributed by atoms with Crippen LogP contribution in [0, 0.1) is 11.3 Å². The van der Waals surface area contributed by atoms with Gasteiger partial charge in [0.05, 0.1) is 7.11 Å². The van der Waals surface area contributed by atoms with Crippen molar-refractivity contribution in [3.63, 3.8) is 0 Å². The van der Waals surface area contributed by atoms with E-state index in [0.29, 0.717) is 21.7 Å². The van der Waals surface area contributed by atoms with Crippen molar-refractivity contribution in [1.82, 2.24) is 19.7 Å². The number of aromatic nitrogens is 4. The summed E-state index contributed by atoms with van der Waals surface area (Å²) < 4.78 is 7.32. The highest BCUT2D eigenvalue weighted by atomic mass is 32.2. The third-order valence-electron chi connectivity index (χ3n) is 4.01. The van der Waals surface area contributed by atoms with Crippen LogP contribution >= 0.6 is 11.8 Å². The molecule has 0 amide bonds. The molecule has 28 heavy (non-hydrogen) atoms. The summed E-state index contributed by atoms with van der Waals surface area (Å²) in [6.45, 7) is 0. The predicted octanol–water partition coefficient (Wildman–Crippen LogP) is 4.36. The summed E-state index contributed by atoms with van der Waals surface area (Å²) in [5.41, 5.74) is 2.19. The Hall–Kier alpha value is -3.63. The average Bonchev–Trinajstić information content (AvgIpc) is 3.18. The van der Waals surface area contributed by atoms with Crippen molar-refractivity contribution in [3.05, 3.63) is 78.5 Å². The van der Waals surface area contributed by atoms with Crippen LogP contribution in [0.3, 0.4) is 0 Å². The molecule has 0 radical (unpaired) electrons. The zero-order chi connectivity index (χ0) is 19.3. The first kappa shape index (κ1) is 17.8. The lowest BCUT2D eigenvalue weighted by Crippen LogP contribution is -2.00. The second-order valence-corrected chi connectivity index (χ2v) is 6.77. The van der Waals surface area contributed by atoms with Gasteiger partial charge in [0.15, 0.2) is 5.82 Å².